The molecule has 1 unspecified atom stereocenters. The monoisotopic (exact) mass is 657 g/mol. The van der Waals surface area contributed by atoms with Crippen molar-refractivity contribution in [3.63, 3.8) is 0 Å². The summed E-state index contributed by atoms with van der Waals surface area (Å²) in [6.07, 6.45) is -0.273. The maximum Gasteiger partial charge on any atom is 0.410 e. The fourth-order valence-electron chi connectivity index (χ4n) is 5.45. The average Bonchev–Trinajstić information content (AvgIpc) is 3.12. The highest BCUT2D eigenvalue weighted by atomic mass is 19.1. The number of nitrogens with zero attached hydrogens (tertiary/aromatic N) is 3. The first-order valence-electron chi connectivity index (χ1n) is 15.8. The molecule has 2 heterocycles. The maximum absolute atomic E-state index is 13.8. The van der Waals surface area contributed by atoms with Crippen molar-refractivity contribution in [3.8, 4) is 22.8 Å². The number of aliphatic hydroxyl groups excluding tert-OH is 1. The minimum Gasteiger partial charge on any atom is -0.493 e. The van der Waals surface area contributed by atoms with Crippen LogP contribution in [-0.4, -0.2) is 78.5 Å². The Hall–Kier alpha value is -5.00. The third-order valence-electron chi connectivity index (χ3n) is 8.28. The number of carbonyl (C=O) groups is 2. The Morgan fingerprint density at radius 1 is 0.938 bits per heavy atom. The van der Waals surface area contributed by atoms with Gasteiger partial charge >= 0.3 is 6.09 Å². The van der Waals surface area contributed by atoms with E-state index < -0.39 is 5.60 Å². The van der Waals surface area contributed by atoms with Gasteiger partial charge in [0.15, 0.2) is 17.3 Å². The van der Waals surface area contributed by atoms with Crippen LogP contribution in [0.3, 0.4) is 0 Å². The topological polar surface area (TPSA) is 122 Å². The molecule has 1 aliphatic heterocycles. The first-order valence-corrected chi connectivity index (χ1v) is 15.8. The van der Waals surface area contributed by atoms with E-state index in [1.807, 2.05) is 36.4 Å². The Kier molecular flexibility index (Phi) is 11.3. The lowest BCUT2D eigenvalue weighted by atomic mass is 9.91. The van der Waals surface area contributed by atoms with Gasteiger partial charge < -0.3 is 34.2 Å². The highest BCUT2D eigenvalue weighted by Gasteiger charge is 2.29. The Morgan fingerprint density at radius 2 is 1.67 bits per heavy atom. The predicted octanol–water partition coefficient (Wildman–Crippen LogP) is 5.60. The number of ether oxygens (including phenoxy) is 3. The third-order valence-corrected chi connectivity index (χ3v) is 8.28. The van der Waals surface area contributed by atoms with E-state index in [1.54, 1.807) is 48.2 Å². The SMILES string of the molecule is COc1cc(C(=O)CCC(C)(O)c2cc(N3CCN(C(=O)OCc4ccccc4)CC3)cc(-c3ccc(F)cc3)n2)ccc1OCCO. The van der Waals surface area contributed by atoms with Crippen LogP contribution in [0.5, 0.6) is 11.5 Å². The number of Topliss-reactive ketones (excluding diaryl/α,β-unsaturated/α-hetero) is 1. The molecule has 1 saturated heterocycles. The van der Waals surface area contributed by atoms with Crippen molar-refractivity contribution in [2.24, 2.45) is 0 Å². The summed E-state index contributed by atoms with van der Waals surface area (Å²) >= 11 is 0. The van der Waals surface area contributed by atoms with E-state index >= 15 is 0 Å². The zero-order valence-electron chi connectivity index (χ0n) is 27.1. The number of aromatic nitrogens is 1. The van der Waals surface area contributed by atoms with E-state index in [9.17, 15) is 19.1 Å². The van der Waals surface area contributed by atoms with Crippen LogP contribution >= 0.6 is 0 Å². The lowest BCUT2D eigenvalue weighted by Crippen LogP contribution is -2.49. The van der Waals surface area contributed by atoms with Gasteiger partial charge in [0.1, 0.15) is 24.6 Å². The Morgan fingerprint density at radius 3 is 2.35 bits per heavy atom. The zero-order valence-corrected chi connectivity index (χ0v) is 27.1. The van der Waals surface area contributed by atoms with E-state index in [4.69, 9.17) is 24.3 Å². The van der Waals surface area contributed by atoms with Gasteiger partial charge in [0, 0.05) is 49.4 Å². The number of piperazine rings is 1. The summed E-state index contributed by atoms with van der Waals surface area (Å²) in [6.45, 7) is 3.68. The van der Waals surface area contributed by atoms with Crippen molar-refractivity contribution in [2.75, 3.05) is 51.4 Å². The quantitative estimate of drug-likeness (QED) is 0.177. The first-order chi connectivity index (χ1) is 23.2. The van der Waals surface area contributed by atoms with Crippen LogP contribution < -0.4 is 14.4 Å². The summed E-state index contributed by atoms with van der Waals surface area (Å²) in [7, 11) is 1.47. The van der Waals surface area contributed by atoms with Crippen molar-refractivity contribution in [1.29, 1.82) is 0 Å². The number of carbonyl (C=O) groups excluding carboxylic acids is 2. The molecule has 0 bridgehead atoms. The van der Waals surface area contributed by atoms with Crippen LogP contribution in [0.25, 0.3) is 11.3 Å². The van der Waals surface area contributed by atoms with Gasteiger partial charge in [-0.2, -0.15) is 0 Å². The number of hydrogen-bond acceptors (Lipinski definition) is 9. The standard InChI is InChI=1S/C37H40FN3O7/c1-37(45,15-14-32(43)28-10-13-33(47-21-20-42)34(22-28)46-2)35-24-30(23-31(39-35)27-8-11-29(38)12-9-27)40-16-18-41(19-17-40)36(44)48-25-26-6-4-3-5-7-26/h3-13,22-24,42,45H,14-21,25H2,1-2H3. The first kappa shape index (κ1) is 34.3. The van der Waals surface area contributed by atoms with E-state index in [1.165, 1.54) is 19.2 Å². The molecule has 0 spiro atoms. The molecule has 5 rings (SSSR count). The zero-order chi connectivity index (χ0) is 34.1. The number of aliphatic hydroxyl groups is 2. The fourth-order valence-corrected chi connectivity index (χ4v) is 5.45. The number of ketones is 1. The van der Waals surface area contributed by atoms with Gasteiger partial charge in [-0.25, -0.2) is 14.2 Å². The van der Waals surface area contributed by atoms with Crippen LogP contribution in [0.4, 0.5) is 14.9 Å². The number of anilines is 1. The molecule has 0 radical (unpaired) electrons. The number of rotatable bonds is 13. The maximum atomic E-state index is 13.8. The summed E-state index contributed by atoms with van der Waals surface area (Å²) in [5.74, 6) is 0.200. The average molecular weight is 658 g/mol. The second-order valence-electron chi connectivity index (χ2n) is 11.8. The highest BCUT2D eigenvalue weighted by molar-refractivity contribution is 5.96. The number of amides is 1. The van der Waals surface area contributed by atoms with Crippen molar-refractivity contribution in [3.05, 3.63) is 108 Å². The van der Waals surface area contributed by atoms with Gasteiger partial charge in [0.2, 0.25) is 0 Å². The molecule has 2 N–H and O–H groups in total. The van der Waals surface area contributed by atoms with E-state index in [-0.39, 0.29) is 50.4 Å². The Balaban J connectivity index is 1.31. The van der Waals surface area contributed by atoms with Crippen LogP contribution in [0.1, 0.15) is 41.4 Å². The van der Waals surface area contributed by atoms with Crippen molar-refractivity contribution in [1.82, 2.24) is 9.88 Å². The molecular weight excluding hydrogens is 617 g/mol. The molecule has 0 saturated carbocycles. The summed E-state index contributed by atoms with van der Waals surface area (Å²) in [5.41, 5.74) is 2.18. The smallest absolute Gasteiger partial charge is 0.410 e. The number of halogens is 1. The molecule has 10 nitrogen and oxygen atoms in total. The molecule has 1 amide bonds. The van der Waals surface area contributed by atoms with Gasteiger partial charge in [-0.15, -0.1) is 0 Å². The van der Waals surface area contributed by atoms with Crippen molar-refractivity contribution >= 4 is 17.6 Å². The number of pyridine rings is 1. The summed E-state index contributed by atoms with van der Waals surface area (Å²) in [4.78, 5) is 34.5. The van der Waals surface area contributed by atoms with Gasteiger partial charge in [0.05, 0.1) is 25.1 Å². The number of hydrogen-bond donors (Lipinski definition) is 2. The van der Waals surface area contributed by atoms with Crippen LogP contribution in [0.2, 0.25) is 0 Å². The molecule has 252 valence electrons. The Labute approximate surface area is 279 Å². The molecule has 1 aliphatic rings. The molecule has 11 heteroatoms. The summed E-state index contributed by atoms with van der Waals surface area (Å²) in [5, 5.41) is 20.8. The van der Waals surface area contributed by atoms with Crippen molar-refractivity contribution < 1.29 is 38.4 Å². The molecule has 1 fully saturated rings. The van der Waals surface area contributed by atoms with Gasteiger partial charge in [-0.3, -0.25) is 4.79 Å². The lowest BCUT2D eigenvalue weighted by Gasteiger charge is -2.36. The van der Waals surface area contributed by atoms with Crippen molar-refractivity contribution in [2.45, 2.75) is 32.0 Å². The predicted molar refractivity (Wildman–Crippen MR) is 179 cm³/mol. The van der Waals surface area contributed by atoms with Crippen LogP contribution in [0, 0.1) is 5.82 Å². The molecule has 0 aliphatic carbocycles. The number of methoxy groups -OCH3 is 1. The molecule has 1 aromatic heterocycles. The number of benzene rings is 3. The minimum absolute atomic E-state index is 0.0224. The summed E-state index contributed by atoms with van der Waals surface area (Å²) in [6, 6.07) is 24.0. The largest absolute Gasteiger partial charge is 0.493 e. The van der Waals surface area contributed by atoms with Crippen LogP contribution in [0.15, 0.2) is 84.9 Å². The second-order valence-corrected chi connectivity index (χ2v) is 11.8. The second kappa shape index (κ2) is 15.7. The molecular formula is C37H40FN3O7. The van der Waals surface area contributed by atoms with E-state index in [0.29, 0.717) is 60.2 Å². The lowest BCUT2D eigenvalue weighted by molar-refractivity contribution is 0.0398. The molecule has 4 aromatic rings. The van der Waals surface area contributed by atoms with E-state index in [2.05, 4.69) is 4.90 Å². The normalized spacial score (nSPS) is 14.3. The minimum atomic E-state index is -1.49. The Bertz CT molecular complexity index is 1690. The fraction of sp³-hybridized carbons (Fsp3) is 0.324. The molecule has 1 atom stereocenters. The van der Waals surface area contributed by atoms with Gasteiger partial charge in [-0.1, -0.05) is 30.3 Å². The molecule has 48 heavy (non-hydrogen) atoms. The van der Waals surface area contributed by atoms with E-state index in [0.717, 1.165) is 11.3 Å². The highest BCUT2D eigenvalue weighted by Crippen LogP contribution is 2.34. The summed E-state index contributed by atoms with van der Waals surface area (Å²) < 4.78 is 30.1. The van der Waals surface area contributed by atoms with Crippen LogP contribution in [-0.2, 0) is 16.9 Å². The van der Waals surface area contributed by atoms with Gasteiger partial charge in [-0.05, 0) is 73.5 Å². The molecule has 3 aromatic carbocycles. The van der Waals surface area contributed by atoms with Gasteiger partial charge in [0.25, 0.3) is 0 Å². The third kappa shape index (κ3) is 8.67.